The van der Waals surface area contributed by atoms with E-state index in [1.54, 1.807) is 14.0 Å². The van der Waals surface area contributed by atoms with Crippen LogP contribution in [0.3, 0.4) is 0 Å². The number of carbonyl (C=O) groups is 3. The van der Waals surface area contributed by atoms with Gasteiger partial charge in [-0.1, -0.05) is 6.92 Å². The van der Waals surface area contributed by atoms with Gasteiger partial charge in [0.05, 0.1) is 0 Å². The lowest BCUT2D eigenvalue weighted by Crippen LogP contribution is -2.45. The number of rotatable bonds is 8. The van der Waals surface area contributed by atoms with E-state index in [1.165, 1.54) is 0 Å². The first-order valence-electron chi connectivity index (χ1n) is 5.28. The molecule has 2 unspecified atom stereocenters. The van der Waals surface area contributed by atoms with Gasteiger partial charge in [0, 0.05) is 18.9 Å². The second-order valence-corrected chi connectivity index (χ2v) is 3.79. The van der Waals surface area contributed by atoms with Crippen LogP contribution >= 0.6 is 0 Å². The fraction of sp³-hybridized carbons (Fsp3) is 0.700. The van der Waals surface area contributed by atoms with Gasteiger partial charge in [-0.15, -0.1) is 0 Å². The highest BCUT2D eigenvalue weighted by atomic mass is 16.4. The van der Waals surface area contributed by atoms with Crippen LogP contribution in [-0.2, 0) is 14.4 Å². The highest BCUT2D eigenvalue weighted by Gasteiger charge is 2.23. The van der Waals surface area contributed by atoms with Crippen LogP contribution in [0.25, 0.3) is 0 Å². The molecular weight excluding hydrogens is 228 g/mol. The minimum Gasteiger partial charge on any atom is -0.481 e. The molecule has 0 heterocycles. The monoisotopic (exact) mass is 246 g/mol. The van der Waals surface area contributed by atoms with Crippen LogP contribution < -0.4 is 10.6 Å². The van der Waals surface area contributed by atoms with E-state index in [0.717, 1.165) is 0 Å². The van der Waals surface area contributed by atoms with Gasteiger partial charge in [-0.05, 0) is 13.5 Å². The molecule has 0 radical (unpaired) electrons. The number of hydrogen-bond acceptors (Lipinski definition) is 4. The van der Waals surface area contributed by atoms with Gasteiger partial charge in [-0.3, -0.25) is 9.59 Å². The summed E-state index contributed by atoms with van der Waals surface area (Å²) in [4.78, 5) is 32.7. The number of carboxylic acids is 2. The summed E-state index contributed by atoms with van der Waals surface area (Å²) in [5.41, 5.74) is 0. The minimum absolute atomic E-state index is 0.122. The summed E-state index contributed by atoms with van der Waals surface area (Å²) in [6.07, 6.45) is -0.416. The van der Waals surface area contributed by atoms with Gasteiger partial charge in [-0.25, -0.2) is 4.79 Å². The lowest BCUT2D eigenvalue weighted by molar-refractivity contribution is -0.143. The van der Waals surface area contributed by atoms with Crippen LogP contribution in [0.1, 0.15) is 19.8 Å². The van der Waals surface area contributed by atoms with Crippen molar-refractivity contribution in [3.8, 4) is 0 Å². The zero-order valence-corrected chi connectivity index (χ0v) is 9.90. The molecule has 98 valence electrons. The van der Waals surface area contributed by atoms with Crippen molar-refractivity contribution in [3.05, 3.63) is 0 Å². The second kappa shape index (κ2) is 7.61. The van der Waals surface area contributed by atoms with E-state index in [2.05, 4.69) is 10.6 Å². The zero-order valence-electron chi connectivity index (χ0n) is 9.90. The maximum absolute atomic E-state index is 11.5. The summed E-state index contributed by atoms with van der Waals surface area (Å²) in [5, 5.41) is 22.4. The lowest BCUT2D eigenvalue weighted by Gasteiger charge is -2.17. The van der Waals surface area contributed by atoms with Crippen molar-refractivity contribution in [1.29, 1.82) is 0 Å². The fourth-order valence-electron chi connectivity index (χ4n) is 1.24. The first kappa shape index (κ1) is 15.4. The Kier molecular flexibility index (Phi) is 6.88. The van der Waals surface area contributed by atoms with E-state index in [1.807, 2.05) is 0 Å². The van der Waals surface area contributed by atoms with Gasteiger partial charge in [0.2, 0.25) is 5.91 Å². The minimum atomic E-state index is -1.23. The molecular formula is C10H18N2O5. The molecule has 0 bridgehead atoms. The van der Waals surface area contributed by atoms with Gasteiger partial charge >= 0.3 is 11.9 Å². The molecule has 7 nitrogen and oxygen atoms in total. The van der Waals surface area contributed by atoms with Gasteiger partial charge in [-0.2, -0.15) is 0 Å². The van der Waals surface area contributed by atoms with Gasteiger partial charge in [0.25, 0.3) is 0 Å². The number of hydrogen-bond donors (Lipinski definition) is 4. The molecule has 0 fully saturated rings. The number of aliphatic carboxylic acids is 2. The molecule has 7 heteroatoms. The lowest BCUT2D eigenvalue weighted by atomic mass is 10.1. The van der Waals surface area contributed by atoms with Crippen molar-refractivity contribution >= 4 is 17.8 Å². The van der Waals surface area contributed by atoms with Crippen LogP contribution in [0, 0.1) is 5.92 Å². The number of amides is 1. The molecule has 0 aliphatic rings. The number of carbonyl (C=O) groups excluding carboxylic acids is 1. The molecule has 2 atom stereocenters. The zero-order chi connectivity index (χ0) is 13.4. The van der Waals surface area contributed by atoms with Crippen LogP contribution in [0.2, 0.25) is 0 Å². The van der Waals surface area contributed by atoms with Crippen LogP contribution in [0.5, 0.6) is 0 Å². The normalized spacial score (nSPS) is 13.8. The van der Waals surface area contributed by atoms with Crippen LogP contribution in [0.15, 0.2) is 0 Å². The average Bonchev–Trinajstić information content (AvgIpc) is 2.23. The van der Waals surface area contributed by atoms with Crippen molar-refractivity contribution in [2.45, 2.75) is 25.8 Å². The highest BCUT2D eigenvalue weighted by molar-refractivity contribution is 5.85. The molecule has 0 aliphatic carbocycles. The van der Waals surface area contributed by atoms with E-state index in [4.69, 9.17) is 10.2 Å². The largest absolute Gasteiger partial charge is 0.481 e. The Morgan fingerprint density at radius 2 is 1.82 bits per heavy atom. The standard InChI is InChI=1S/C10H18N2O5/c1-6(5-11-2)9(15)12-7(10(16)17)3-4-8(13)14/h6-7,11H,3-5H2,1-2H3,(H,12,15)(H,13,14)(H,16,17). The first-order valence-corrected chi connectivity index (χ1v) is 5.28. The topological polar surface area (TPSA) is 116 Å². The van der Waals surface area contributed by atoms with Crippen molar-refractivity contribution in [2.24, 2.45) is 5.92 Å². The summed E-state index contributed by atoms with van der Waals surface area (Å²) < 4.78 is 0. The Morgan fingerprint density at radius 1 is 1.24 bits per heavy atom. The smallest absolute Gasteiger partial charge is 0.326 e. The predicted octanol–water partition coefficient (Wildman–Crippen LogP) is -0.724. The molecule has 0 aromatic carbocycles. The van der Waals surface area contributed by atoms with Crippen molar-refractivity contribution in [2.75, 3.05) is 13.6 Å². The molecule has 4 N–H and O–H groups in total. The van der Waals surface area contributed by atoms with Crippen molar-refractivity contribution in [1.82, 2.24) is 10.6 Å². The molecule has 17 heavy (non-hydrogen) atoms. The highest BCUT2D eigenvalue weighted by Crippen LogP contribution is 2.01. The fourth-order valence-corrected chi connectivity index (χ4v) is 1.24. The number of nitrogens with one attached hydrogen (secondary N) is 2. The third-order valence-electron chi connectivity index (χ3n) is 2.22. The first-order chi connectivity index (χ1) is 7.88. The van der Waals surface area contributed by atoms with Crippen molar-refractivity contribution in [3.63, 3.8) is 0 Å². The van der Waals surface area contributed by atoms with Gasteiger partial charge in [0.1, 0.15) is 6.04 Å². The van der Waals surface area contributed by atoms with E-state index in [9.17, 15) is 14.4 Å². The maximum Gasteiger partial charge on any atom is 0.326 e. The number of carboxylic acid groups (broad SMARTS) is 2. The Hall–Kier alpha value is -1.63. The Balaban J connectivity index is 4.29. The predicted molar refractivity (Wildman–Crippen MR) is 59.5 cm³/mol. The molecule has 0 aliphatic heterocycles. The molecule has 1 amide bonds. The van der Waals surface area contributed by atoms with Crippen LogP contribution in [-0.4, -0.2) is 47.7 Å². The molecule has 0 saturated carbocycles. The summed E-state index contributed by atoms with van der Waals surface area (Å²) >= 11 is 0. The van der Waals surface area contributed by atoms with Crippen molar-refractivity contribution < 1.29 is 24.6 Å². The third-order valence-corrected chi connectivity index (χ3v) is 2.22. The second-order valence-electron chi connectivity index (χ2n) is 3.79. The Bertz CT molecular complexity index is 292. The summed E-state index contributed by atoms with van der Waals surface area (Å²) in [7, 11) is 1.68. The quantitative estimate of drug-likeness (QED) is 0.449. The molecule has 0 spiro atoms. The Morgan fingerprint density at radius 3 is 2.24 bits per heavy atom. The van der Waals surface area contributed by atoms with Gasteiger partial charge < -0.3 is 20.8 Å². The van der Waals surface area contributed by atoms with E-state index >= 15 is 0 Å². The molecule has 0 rings (SSSR count). The SMILES string of the molecule is CNCC(C)C(=O)NC(CCC(=O)O)C(=O)O. The molecule has 0 aromatic heterocycles. The maximum atomic E-state index is 11.5. The average molecular weight is 246 g/mol. The molecule has 0 saturated heterocycles. The van der Waals surface area contributed by atoms with Gasteiger partial charge in [0.15, 0.2) is 0 Å². The third kappa shape index (κ3) is 6.52. The Labute approximate surface area is 99.2 Å². The summed E-state index contributed by atoms with van der Waals surface area (Å²) in [5.74, 6) is -3.09. The molecule has 0 aromatic rings. The van der Waals surface area contributed by atoms with E-state index in [-0.39, 0.29) is 18.8 Å². The van der Waals surface area contributed by atoms with E-state index < -0.39 is 23.9 Å². The van der Waals surface area contributed by atoms with E-state index in [0.29, 0.717) is 6.54 Å². The summed E-state index contributed by atoms with van der Waals surface area (Å²) in [6, 6.07) is -1.15. The summed E-state index contributed by atoms with van der Waals surface area (Å²) in [6.45, 7) is 2.08. The van der Waals surface area contributed by atoms with Crippen LogP contribution in [0.4, 0.5) is 0 Å².